The average molecular weight is 618 g/mol. The first kappa shape index (κ1) is 28.9. The molecule has 0 unspecified atom stereocenters. The number of hydrogen-bond acceptors (Lipinski definition) is 8. The molecule has 0 fully saturated rings. The Bertz CT molecular complexity index is 1870. The number of anilines is 1. The first-order valence-corrected chi connectivity index (χ1v) is 17.0. The number of ether oxygens (including phenoxy) is 1. The number of hydrogen-bond donors (Lipinski definition) is 1. The minimum Gasteiger partial charge on any atom is -0.748 e. The molecule has 2 N–H and O–H groups in total. The summed E-state index contributed by atoms with van der Waals surface area (Å²) in [5.74, 6) is -0.398. The summed E-state index contributed by atoms with van der Waals surface area (Å²) in [6.45, 7) is 2.59. The third-order valence-electron chi connectivity index (χ3n) is 7.20. The predicted octanol–water partition coefficient (Wildman–Crippen LogP) is 5.83. The summed E-state index contributed by atoms with van der Waals surface area (Å²) in [6.07, 6.45) is 2.42. The van der Waals surface area contributed by atoms with Crippen LogP contribution in [0.4, 0.5) is 5.69 Å². The highest BCUT2D eigenvalue weighted by Crippen LogP contribution is 2.48. The molecule has 0 radical (unpaired) electrons. The molecule has 42 heavy (non-hydrogen) atoms. The zero-order chi connectivity index (χ0) is 29.1. The van der Waals surface area contributed by atoms with Crippen molar-refractivity contribution in [3.8, 4) is 11.1 Å². The van der Waals surface area contributed by atoms with Crippen molar-refractivity contribution in [2.75, 3.05) is 37.0 Å². The fourth-order valence-corrected chi connectivity index (χ4v) is 8.10. The first-order chi connectivity index (χ1) is 20.4. The van der Waals surface area contributed by atoms with Gasteiger partial charge in [0.1, 0.15) is 4.70 Å². The van der Waals surface area contributed by atoms with Crippen LogP contribution in [0.15, 0.2) is 94.9 Å². The monoisotopic (exact) mass is 617 g/mol. The van der Waals surface area contributed by atoms with E-state index in [9.17, 15) is 13.0 Å². The largest absolute Gasteiger partial charge is 0.748 e. The van der Waals surface area contributed by atoms with Gasteiger partial charge in [-0.05, 0) is 40.8 Å². The lowest BCUT2D eigenvalue weighted by molar-refractivity contribution is -0.667. The van der Waals surface area contributed by atoms with E-state index in [4.69, 9.17) is 10.5 Å². The van der Waals surface area contributed by atoms with Gasteiger partial charge in [0.05, 0.1) is 45.5 Å². The summed E-state index contributed by atoms with van der Waals surface area (Å²) in [7, 11) is -4.31. The summed E-state index contributed by atoms with van der Waals surface area (Å²) in [4.78, 5) is 3.45. The zero-order valence-corrected chi connectivity index (χ0v) is 25.4. The standard InChI is InChI=1S/C32H31N3O4S3/c33-15-18-39-19-17-34-27-21-25(23-7-2-1-3-8-23)12-13-28(27)40-30(34)22-31-35(16-6-20-42(36,37)38)32-26-10-5-4-9-24(26)11-14-29(32)41-31/h1-5,7-14,21-22H,6,15-20,33H2. The number of fused-ring (bicyclic) bond motifs is 4. The Hall–Kier alpha value is -3.25. The van der Waals surface area contributed by atoms with Crippen molar-refractivity contribution in [1.29, 1.82) is 0 Å². The molecule has 2 heterocycles. The van der Waals surface area contributed by atoms with Crippen molar-refractivity contribution in [2.45, 2.75) is 17.9 Å². The van der Waals surface area contributed by atoms with E-state index < -0.39 is 15.9 Å². The third kappa shape index (κ3) is 6.24. The summed E-state index contributed by atoms with van der Waals surface area (Å²) < 4.78 is 43.4. The van der Waals surface area contributed by atoms with E-state index in [2.05, 4.69) is 70.1 Å². The van der Waals surface area contributed by atoms with Crippen LogP contribution in [0.25, 0.3) is 38.2 Å². The van der Waals surface area contributed by atoms with Crippen molar-refractivity contribution in [3.63, 3.8) is 0 Å². The van der Waals surface area contributed by atoms with Crippen LogP contribution in [0.2, 0.25) is 0 Å². The molecule has 0 atom stereocenters. The molecule has 6 rings (SSSR count). The van der Waals surface area contributed by atoms with E-state index in [-0.39, 0.29) is 6.42 Å². The van der Waals surface area contributed by atoms with Gasteiger partial charge in [0, 0.05) is 30.2 Å². The topological polar surface area (TPSA) is 99.6 Å². The summed E-state index contributed by atoms with van der Waals surface area (Å²) in [5.41, 5.74) is 10.1. The number of thioether (sulfide) groups is 1. The van der Waals surface area contributed by atoms with Crippen LogP contribution < -0.4 is 15.2 Å². The Morgan fingerprint density at radius 3 is 2.57 bits per heavy atom. The molecule has 1 aliphatic heterocycles. The Balaban J connectivity index is 1.43. The van der Waals surface area contributed by atoms with Gasteiger partial charge in [0.15, 0.2) is 6.54 Å². The molecule has 7 nitrogen and oxygen atoms in total. The summed E-state index contributed by atoms with van der Waals surface area (Å²) in [5, 5.41) is 4.27. The minimum atomic E-state index is -4.31. The number of nitrogens with zero attached hydrogens (tertiary/aromatic N) is 2. The fraction of sp³-hybridized carbons (Fsp3) is 0.219. The predicted molar refractivity (Wildman–Crippen MR) is 172 cm³/mol. The molecule has 5 aromatic rings. The molecular weight excluding hydrogens is 587 g/mol. The fourth-order valence-electron chi connectivity index (χ4n) is 5.30. The number of benzene rings is 4. The van der Waals surface area contributed by atoms with Crippen LogP contribution in [0, 0.1) is 0 Å². The molecule has 1 aromatic heterocycles. The van der Waals surface area contributed by atoms with Crippen LogP contribution in [-0.2, 0) is 21.4 Å². The van der Waals surface area contributed by atoms with Gasteiger partial charge in [0.25, 0.3) is 5.01 Å². The summed E-state index contributed by atoms with van der Waals surface area (Å²) >= 11 is 3.38. The van der Waals surface area contributed by atoms with Gasteiger partial charge in [0.2, 0.25) is 5.52 Å². The van der Waals surface area contributed by atoms with Crippen molar-refractivity contribution >= 4 is 66.0 Å². The molecule has 10 heteroatoms. The minimum absolute atomic E-state index is 0.242. The smallest absolute Gasteiger partial charge is 0.265 e. The molecule has 0 spiro atoms. The molecule has 0 bridgehead atoms. The Morgan fingerprint density at radius 2 is 1.76 bits per heavy atom. The number of rotatable bonds is 11. The van der Waals surface area contributed by atoms with Gasteiger partial charge in [-0.3, -0.25) is 0 Å². The van der Waals surface area contributed by atoms with Crippen molar-refractivity contribution in [3.05, 3.63) is 95.0 Å². The van der Waals surface area contributed by atoms with Crippen LogP contribution in [0.5, 0.6) is 0 Å². The van der Waals surface area contributed by atoms with E-state index in [0.717, 1.165) is 52.7 Å². The average Bonchev–Trinajstić information content (AvgIpc) is 3.52. The van der Waals surface area contributed by atoms with Gasteiger partial charge in [-0.1, -0.05) is 83.8 Å². The molecule has 0 saturated heterocycles. The molecule has 4 aromatic carbocycles. The number of aromatic nitrogens is 1. The van der Waals surface area contributed by atoms with Crippen LogP contribution in [-0.4, -0.2) is 45.0 Å². The van der Waals surface area contributed by atoms with Crippen molar-refractivity contribution in [2.24, 2.45) is 5.73 Å². The molecule has 0 amide bonds. The maximum absolute atomic E-state index is 11.4. The second-order valence-electron chi connectivity index (χ2n) is 10.0. The summed E-state index contributed by atoms with van der Waals surface area (Å²) in [6, 6.07) is 29.3. The molecule has 1 aliphatic rings. The number of aryl methyl sites for hydroxylation is 1. The van der Waals surface area contributed by atoms with E-state index in [1.165, 1.54) is 0 Å². The Labute approximate surface area is 254 Å². The maximum atomic E-state index is 11.4. The number of thiazole rings is 1. The van der Waals surface area contributed by atoms with Gasteiger partial charge in [-0.15, -0.1) is 0 Å². The second-order valence-corrected chi connectivity index (χ2v) is 13.7. The highest BCUT2D eigenvalue weighted by atomic mass is 32.2. The van der Waals surface area contributed by atoms with Crippen molar-refractivity contribution in [1.82, 2.24) is 0 Å². The number of nitrogens with two attached hydrogens (primary N) is 1. The Morgan fingerprint density at radius 1 is 0.952 bits per heavy atom. The quantitative estimate of drug-likeness (QED) is 0.113. The SMILES string of the molecule is NCCOCCN1C(=Cc2sc3ccc4ccccc4c3[n+]2CCCS(=O)(=O)[O-])Sc2ccc(-c3ccccc3)cc21. The molecule has 216 valence electrons. The Kier molecular flexibility index (Phi) is 8.62. The van der Waals surface area contributed by atoms with Gasteiger partial charge < -0.3 is 19.9 Å². The molecule has 0 saturated carbocycles. The van der Waals surface area contributed by atoms with Gasteiger partial charge >= 0.3 is 0 Å². The van der Waals surface area contributed by atoms with Crippen molar-refractivity contribution < 1.29 is 22.3 Å². The first-order valence-electron chi connectivity index (χ1n) is 13.8. The van der Waals surface area contributed by atoms with E-state index in [1.54, 1.807) is 23.1 Å². The lowest BCUT2D eigenvalue weighted by Crippen LogP contribution is -2.36. The maximum Gasteiger partial charge on any atom is 0.265 e. The highest BCUT2D eigenvalue weighted by molar-refractivity contribution is 8.03. The van der Waals surface area contributed by atoms with Gasteiger partial charge in [-0.25, -0.2) is 8.42 Å². The van der Waals surface area contributed by atoms with Crippen LogP contribution in [0.1, 0.15) is 11.4 Å². The molecule has 0 aliphatic carbocycles. The zero-order valence-electron chi connectivity index (χ0n) is 22.9. The lowest BCUT2D eigenvalue weighted by Gasteiger charge is -2.20. The van der Waals surface area contributed by atoms with Gasteiger partial charge in [-0.2, -0.15) is 4.57 Å². The normalized spacial score (nSPS) is 14.3. The van der Waals surface area contributed by atoms with Crippen LogP contribution >= 0.6 is 23.1 Å². The van der Waals surface area contributed by atoms with Crippen LogP contribution in [0.3, 0.4) is 0 Å². The van der Waals surface area contributed by atoms with E-state index >= 15 is 0 Å². The van der Waals surface area contributed by atoms with E-state index in [1.807, 2.05) is 30.3 Å². The molecular formula is C32H31N3O4S3. The lowest BCUT2D eigenvalue weighted by atomic mass is 10.0. The second kappa shape index (κ2) is 12.5. The third-order valence-corrected chi connectivity index (χ3v) is 10.2. The van der Waals surface area contributed by atoms with E-state index in [0.29, 0.717) is 32.8 Å². The highest BCUT2D eigenvalue weighted by Gasteiger charge is 2.29.